The Balaban J connectivity index is 1.49. The molecule has 3 heterocycles. The molecule has 188 valence electrons. The maximum atomic E-state index is 13.1. The minimum Gasteiger partial charge on any atom is -0.383 e. The second-order valence-electron chi connectivity index (χ2n) is 9.86. The monoisotopic (exact) mass is 515 g/mol. The van der Waals surface area contributed by atoms with Gasteiger partial charge in [-0.05, 0) is 48.9 Å². The van der Waals surface area contributed by atoms with E-state index in [1.54, 1.807) is 24.5 Å². The highest BCUT2D eigenvalue weighted by molar-refractivity contribution is 7.15. The van der Waals surface area contributed by atoms with Gasteiger partial charge in [0.05, 0.1) is 4.88 Å². The highest BCUT2D eigenvalue weighted by Crippen LogP contribution is 2.50. The predicted molar refractivity (Wildman–Crippen MR) is 131 cm³/mol. The van der Waals surface area contributed by atoms with Crippen molar-refractivity contribution in [3.63, 3.8) is 0 Å². The number of nitrogens with zero attached hydrogens (tertiary/aromatic N) is 3. The van der Waals surface area contributed by atoms with Gasteiger partial charge in [0.2, 0.25) is 5.95 Å². The van der Waals surface area contributed by atoms with Crippen molar-refractivity contribution in [3.8, 4) is 10.4 Å². The number of alkyl halides is 3. The van der Waals surface area contributed by atoms with Gasteiger partial charge >= 0.3 is 6.18 Å². The molecular formula is C25H24F3N5O2S. The summed E-state index contributed by atoms with van der Waals surface area (Å²) in [5.41, 5.74) is -0.456. The first-order valence-electron chi connectivity index (χ1n) is 11.4. The molecule has 3 N–H and O–H groups in total. The van der Waals surface area contributed by atoms with Crippen LogP contribution in [-0.2, 0) is 16.6 Å². The van der Waals surface area contributed by atoms with Crippen LogP contribution in [0.2, 0.25) is 0 Å². The van der Waals surface area contributed by atoms with Crippen molar-refractivity contribution in [2.45, 2.75) is 44.9 Å². The van der Waals surface area contributed by atoms with Crippen molar-refractivity contribution in [1.29, 1.82) is 0 Å². The van der Waals surface area contributed by atoms with Crippen molar-refractivity contribution < 1.29 is 23.1 Å². The number of carbonyl (C=O) groups excluding carboxylic acids is 1. The van der Waals surface area contributed by atoms with E-state index in [1.807, 2.05) is 19.9 Å². The van der Waals surface area contributed by atoms with E-state index >= 15 is 0 Å². The van der Waals surface area contributed by atoms with E-state index < -0.39 is 17.5 Å². The first-order chi connectivity index (χ1) is 17.0. The molecule has 5 rings (SSSR count). The number of H-pyrrole nitrogens is 1. The quantitative estimate of drug-likeness (QED) is 0.279. The Labute approximate surface area is 208 Å². The van der Waals surface area contributed by atoms with Crippen LogP contribution in [0, 0.1) is 11.3 Å². The fourth-order valence-corrected chi connectivity index (χ4v) is 6.02. The van der Waals surface area contributed by atoms with E-state index in [9.17, 15) is 23.1 Å². The number of carbonyl (C=O) groups is 1. The molecule has 0 unspecified atom stereocenters. The summed E-state index contributed by atoms with van der Waals surface area (Å²) in [7, 11) is 0. The molecule has 1 saturated carbocycles. The van der Waals surface area contributed by atoms with E-state index in [4.69, 9.17) is 0 Å². The van der Waals surface area contributed by atoms with Crippen molar-refractivity contribution in [1.82, 2.24) is 19.9 Å². The first kappa shape index (κ1) is 24.4. The van der Waals surface area contributed by atoms with E-state index in [0.29, 0.717) is 30.0 Å². The van der Waals surface area contributed by atoms with Crippen LogP contribution in [0.3, 0.4) is 0 Å². The number of rotatable bonds is 5. The van der Waals surface area contributed by atoms with Crippen molar-refractivity contribution in [2.75, 3.05) is 5.32 Å². The van der Waals surface area contributed by atoms with Gasteiger partial charge in [-0.2, -0.15) is 13.2 Å². The summed E-state index contributed by atoms with van der Waals surface area (Å²) in [6.45, 7) is 3.97. The highest BCUT2D eigenvalue weighted by Gasteiger charge is 2.46. The number of halogens is 3. The predicted octanol–water partition coefficient (Wildman–Crippen LogP) is 6.06. The van der Waals surface area contributed by atoms with Crippen LogP contribution in [-0.4, -0.2) is 31.3 Å². The number of anilines is 2. The number of fused-ring (bicyclic) bond motifs is 1. The zero-order valence-corrected chi connectivity index (χ0v) is 20.4. The fourth-order valence-electron chi connectivity index (χ4n) is 4.96. The number of benzene rings is 1. The van der Waals surface area contributed by atoms with Gasteiger partial charge in [-0.1, -0.05) is 13.8 Å². The molecule has 0 saturated heterocycles. The molecule has 1 aliphatic carbocycles. The van der Waals surface area contributed by atoms with Gasteiger partial charge in [0.15, 0.2) is 0 Å². The number of aromatic nitrogens is 4. The van der Waals surface area contributed by atoms with Gasteiger partial charge in [-0.15, -0.1) is 11.3 Å². The summed E-state index contributed by atoms with van der Waals surface area (Å²) in [6, 6.07) is 6.29. The van der Waals surface area contributed by atoms with Gasteiger partial charge in [0, 0.05) is 46.7 Å². The van der Waals surface area contributed by atoms with E-state index in [0.717, 1.165) is 39.9 Å². The van der Waals surface area contributed by atoms with Gasteiger partial charge < -0.3 is 20.2 Å². The number of aliphatic hydroxyl groups is 1. The normalized spacial score (nSPS) is 22.0. The number of nitrogens with one attached hydrogen (secondary N) is 2. The molecule has 0 amide bonds. The first-order valence-corrected chi connectivity index (χ1v) is 12.2. The van der Waals surface area contributed by atoms with Gasteiger partial charge in [0.1, 0.15) is 22.6 Å². The average Bonchev–Trinajstić information content (AvgIpc) is 3.48. The molecule has 0 spiro atoms. The average molecular weight is 516 g/mol. The maximum Gasteiger partial charge on any atom is 0.433 e. The summed E-state index contributed by atoms with van der Waals surface area (Å²) in [4.78, 5) is 27.5. The fraction of sp³-hybridized carbons (Fsp3) is 0.360. The Hall–Kier alpha value is -3.31. The van der Waals surface area contributed by atoms with Gasteiger partial charge in [0.25, 0.3) is 0 Å². The van der Waals surface area contributed by atoms with Crippen LogP contribution in [0.5, 0.6) is 0 Å². The largest absolute Gasteiger partial charge is 0.433 e. The van der Waals surface area contributed by atoms with Crippen LogP contribution < -0.4 is 5.32 Å². The van der Waals surface area contributed by atoms with Gasteiger partial charge in [-0.25, -0.2) is 15.0 Å². The Morgan fingerprint density at radius 2 is 2.06 bits per heavy atom. The third kappa shape index (κ3) is 4.48. The molecule has 0 bridgehead atoms. The van der Waals surface area contributed by atoms with Crippen molar-refractivity contribution in [2.24, 2.45) is 11.3 Å². The van der Waals surface area contributed by atoms with Crippen LogP contribution in [0.1, 0.15) is 43.8 Å². The third-order valence-corrected chi connectivity index (χ3v) is 8.05. The SMILES string of the molecule is CC1(C)C[C@@](O)(c2ncc(-c3cc(Nc4nccc(C(F)(F)F)n4)cc4[nH]ccc34)s2)CC[C@@H]1C=O. The molecule has 1 aliphatic rings. The highest BCUT2D eigenvalue weighted by atomic mass is 32.1. The van der Waals surface area contributed by atoms with E-state index in [2.05, 4.69) is 25.3 Å². The molecule has 11 heteroatoms. The van der Waals surface area contributed by atoms with Crippen molar-refractivity contribution >= 4 is 40.2 Å². The molecule has 0 radical (unpaired) electrons. The molecule has 2 atom stereocenters. The topological polar surface area (TPSA) is 104 Å². The summed E-state index contributed by atoms with van der Waals surface area (Å²) < 4.78 is 39.2. The lowest BCUT2D eigenvalue weighted by atomic mass is 9.64. The zero-order chi connectivity index (χ0) is 25.7. The molecule has 7 nitrogen and oxygen atoms in total. The number of thiazole rings is 1. The lowest BCUT2D eigenvalue weighted by Gasteiger charge is -2.43. The standard InChI is InChI=1S/C25H24F3N5O2S/c1-23(2)13-24(35,6-3-14(23)12-34)21-31-11-19(36-21)17-9-15(10-18-16(17)4-7-29-18)32-22-30-8-5-20(33-22)25(26,27)28/h4-5,7-12,14,29,35H,3,6,13H2,1-2H3,(H,30,32,33)/t14-,24-/m1/s1. The number of aromatic amines is 1. The van der Waals surface area contributed by atoms with Crippen LogP contribution >= 0.6 is 11.3 Å². The van der Waals surface area contributed by atoms with Gasteiger partial charge in [-0.3, -0.25) is 0 Å². The summed E-state index contributed by atoms with van der Waals surface area (Å²) in [5.74, 6) is -0.285. The zero-order valence-electron chi connectivity index (χ0n) is 19.6. The Bertz CT molecular complexity index is 1430. The Morgan fingerprint density at radius 3 is 2.78 bits per heavy atom. The number of hydrogen-bond acceptors (Lipinski definition) is 7. The molecule has 36 heavy (non-hydrogen) atoms. The van der Waals surface area contributed by atoms with Crippen LogP contribution in [0.25, 0.3) is 21.3 Å². The van der Waals surface area contributed by atoms with Crippen LogP contribution in [0.4, 0.5) is 24.8 Å². The minimum absolute atomic E-state index is 0.113. The molecule has 1 aromatic carbocycles. The smallest absolute Gasteiger partial charge is 0.383 e. The van der Waals surface area contributed by atoms with E-state index in [-0.39, 0.29) is 17.3 Å². The molecular weight excluding hydrogens is 491 g/mol. The van der Waals surface area contributed by atoms with E-state index in [1.165, 1.54) is 11.3 Å². The number of hydrogen-bond donors (Lipinski definition) is 3. The Morgan fingerprint density at radius 1 is 1.25 bits per heavy atom. The number of aldehydes is 1. The van der Waals surface area contributed by atoms with Crippen LogP contribution in [0.15, 0.2) is 42.9 Å². The molecule has 3 aromatic heterocycles. The summed E-state index contributed by atoms with van der Waals surface area (Å²) in [6.07, 6.45) is 2.38. The minimum atomic E-state index is -4.58. The Kier molecular flexibility index (Phi) is 5.87. The van der Waals surface area contributed by atoms with Crippen molar-refractivity contribution in [3.05, 3.63) is 53.6 Å². The lowest BCUT2D eigenvalue weighted by molar-refractivity contribution is -0.141. The maximum absolute atomic E-state index is 13.1. The molecule has 1 fully saturated rings. The molecule has 0 aliphatic heterocycles. The second kappa shape index (κ2) is 8.67. The molecule has 4 aromatic rings. The third-order valence-electron chi connectivity index (χ3n) is 6.83. The summed E-state index contributed by atoms with van der Waals surface area (Å²) >= 11 is 1.37. The summed E-state index contributed by atoms with van der Waals surface area (Å²) in [5, 5.41) is 15.8. The lowest BCUT2D eigenvalue weighted by Crippen LogP contribution is -2.42. The second-order valence-corrected chi connectivity index (χ2v) is 10.9.